The highest BCUT2D eigenvalue weighted by atomic mass is 16.5. The summed E-state index contributed by atoms with van der Waals surface area (Å²) in [5, 5.41) is 14.0. The second kappa shape index (κ2) is 9.41. The highest BCUT2D eigenvalue weighted by molar-refractivity contribution is 6.00. The molecule has 0 aliphatic carbocycles. The maximum absolute atomic E-state index is 12.7. The predicted octanol–water partition coefficient (Wildman–Crippen LogP) is 3.11. The Morgan fingerprint density at radius 3 is 2.62 bits per heavy atom. The van der Waals surface area contributed by atoms with Gasteiger partial charge in [-0.3, -0.25) is 15.3 Å². The number of aryl methyl sites for hydroxylation is 1. The monoisotopic (exact) mass is 393 g/mol. The van der Waals surface area contributed by atoms with Crippen molar-refractivity contribution in [3.05, 3.63) is 70.9 Å². The lowest BCUT2D eigenvalue weighted by Gasteiger charge is -2.08. The number of hydrogen-bond acceptors (Lipinski definition) is 6. The van der Waals surface area contributed by atoms with Gasteiger partial charge in [0.1, 0.15) is 17.1 Å². The molecule has 0 atom stereocenters. The van der Waals surface area contributed by atoms with Gasteiger partial charge in [0.05, 0.1) is 20.4 Å². The van der Waals surface area contributed by atoms with Crippen molar-refractivity contribution in [3.8, 4) is 11.5 Å². The van der Waals surface area contributed by atoms with E-state index in [9.17, 15) is 4.79 Å². The number of aromatic nitrogens is 2. The van der Waals surface area contributed by atoms with E-state index >= 15 is 0 Å². The number of benzene rings is 2. The second-order valence-electron chi connectivity index (χ2n) is 6.25. The van der Waals surface area contributed by atoms with Gasteiger partial charge in [-0.25, -0.2) is 0 Å². The smallest absolute Gasteiger partial charge is 0.257 e. The lowest BCUT2D eigenvalue weighted by Crippen LogP contribution is -2.24. The molecule has 1 amide bonds. The van der Waals surface area contributed by atoms with Gasteiger partial charge >= 0.3 is 0 Å². The highest BCUT2D eigenvalue weighted by Gasteiger charge is 2.17. The first kappa shape index (κ1) is 19.9. The molecule has 3 rings (SSSR count). The van der Waals surface area contributed by atoms with E-state index in [1.54, 1.807) is 27.4 Å². The van der Waals surface area contributed by atoms with Gasteiger partial charge in [0, 0.05) is 12.2 Å². The molecule has 0 fully saturated rings. The summed E-state index contributed by atoms with van der Waals surface area (Å²) in [6, 6.07) is 15.0. The summed E-state index contributed by atoms with van der Waals surface area (Å²) in [5.74, 6) is 1.62. The lowest BCUT2D eigenvalue weighted by molar-refractivity contribution is 0.0951. The SMILES string of the molecule is COc1ccc(/C=N/Nc2n[nH]c(C)c2C(=O)NCc2cccc(OC)c2)cc1. The van der Waals surface area contributed by atoms with Gasteiger partial charge in [-0.05, 0) is 54.4 Å². The molecule has 8 nitrogen and oxygen atoms in total. The molecule has 1 aromatic heterocycles. The number of carbonyl (C=O) groups excluding carboxylic acids is 1. The van der Waals surface area contributed by atoms with Crippen molar-refractivity contribution in [3.63, 3.8) is 0 Å². The summed E-state index contributed by atoms with van der Waals surface area (Å²) < 4.78 is 10.3. The Kier molecular flexibility index (Phi) is 6.47. The minimum atomic E-state index is -0.249. The quantitative estimate of drug-likeness (QED) is 0.403. The number of amides is 1. The Balaban J connectivity index is 1.64. The molecule has 0 saturated carbocycles. The van der Waals surface area contributed by atoms with Crippen LogP contribution in [0.15, 0.2) is 53.6 Å². The van der Waals surface area contributed by atoms with E-state index in [0.717, 1.165) is 22.6 Å². The average Bonchev–Trinajstić information content (AvgIpc) is 3.13. The standard InChI is InChI=1S/C21H23N5O3/c1-14-19(21(27)22-12-16-5-4-6-18(11-16)29-3)20(26-24-14)25-23-13-15-7-9-17(28-2)10-8-15/h4-11,13H,12H2,1-3H3,(H,22,27)(H2,24,25,26)/b23-13+. The number of nitrogens with one attached hydrogen (secondary N) is 3. The van der Waals surface area contributed by atoms with E-state index in [1.165, 1.54) is 0 Å². The van der Waals surface area contributed by atoms with Crippen LogP contribution in [0, 0.1) is 6.92 Å². The van der Waals surface area contributed by atoms with Gasteiger partial charge in [0.2, 0.25) is 0 Å². The van der Waals surface area contributed by atoms with Crippen LogP contribution >= 0.6 is 0 Å². The molecule has 8 heteroatoms. The number of hydrogen-bond donors (Lipinski definition) is 3. The summed E-state index contributed by atoms with van der Waals surface area (Å²) in [5.41, 5.74) is 5.71. The van der Waals surface area contributed by atoms with E-state index in [4.69, 9.17) is 9.47 Å². The molecule has 3 N–H and O–H groups in total. The zero-order valence-corrected chi connectivity index (χ0v) is 16.5. The third-order valence-corrected chi connectivity index (χ3v) is 4.26. The van der Waals surface area contributed by atoms with E-state index in [2.05, 4.69) is 26.0 Å². The molecule has 0 bridgehead atoms. The Morgan fingerprint density at radius 1 is 1.14 bits per heavy atom. The van der Waals surface area contributed by atoms with Crippen LogP contribution in [0.1, 0.15) is 27.2 Å². The number of nitrogens with zero attached hydrogens (tertiary/aromatic N) is 2. The Morgan fingerprint density at radius 2 is 1.90 bits per heavy atom. The van der Waals surface area contributed by atoms with Crippen LogP contribution < -0.4 is 20.2 Å². The molecular weight excluding hydrogens is 370 g/mol. The zero-order valence-electron chi connectivity index (χ0n) is 16.5. The fourth-order valence-electron chi connectivity index (χ4n) is 2.70. The lowest BCUT2D eigenvalue weighted by atomic mass is 10.2. The van der Waals surface area contributed by atoms with Crippen molar-refractivity contribution >= 4 is 17.9 Å². The first-order chi connectivity index (χ1) is 14.1. The molecule has 0 spiro atoms. The van der Waals surface area contributed by atoms with Gasteiger partial charge in [-0.1, -0.05) is 12.1 Å². The summed E-state index contributed by atoms with van der Waals surface area (Å²) in [7, 11) is 3.22. The van der Waals surface area contributed by atoms with Gasteiger partial charge in [0.25, 0.3) is 5.91 Å². The number of methoxy groups -OCH3 is 2. The topological polar surface area (TPSA) is 101 Å². The Hall–Kier alpha value is -3.81. The van der Waals surface area contributed by atoms with E-state index in [1.807, 2.05) is 48.5 Å². The number of carbonyl (C=O) groups is 1. The molecule has 0 aliphatic heterocycles. The van der Waals surface area contributed by atoms with Gasteiger partial charge < -0.3 is 14.8 Å². The molecule has 3 aromatic rings. The predicted molar refractivity (Wildman–Crippen MR) is 112 cm³/mol. The summed E-state index contributed by atoms with van der Waals surface area (Å²) in [6.45, 7) is 2.15. The summed E-state index contributed by atoms with van der Waals surface area (Å²) in [4.78, 5) is 12.7. The molecular formula is C21H23N5O3. The van der Waals surface area contributed by atoms with Crippen LogP contribution in [0.2, 0.25) is 0 Å². The molecule has 0 saturated heterocycles. The number of anilines is 1. The van der Waals surface area contributed by atoms with Crippen molar-refractivity contribution in [2.75, 3.05) is 19.6 Å². The van der Waals surface area contributed by atoms with Crippen molar-refractivity contribution in [2.24, 2.45) is 5.10 Å². The molecule has 0 radical (unpaired) electrons. The molecule has 1 heterocycles. The molecule has 150 valence electrons. The maximum Gasteiger partial charge on any atom is 0.257 e. The van der Waals surface area contributed by atoms with Crippen molar-refractivity contribution < 1.29 is 14.3 Å². The number of rotatable bonds is 8. The van der Waals surface area contributed by atoms with E-state index in [0.29, 0.717) is 23.6 Å². The minimum Gasteiger partial charge on any atom is -0.497 e. The van der Waals surface area contributed by atoms with Crippen LogP contribution in [0.4, 0.5) is 5.82 Å². The first-order valence-corrected chi connectivity index (χ1v) is 9.00. The molecule has 29 heavy (non-hydrogen) atoms. The third-order valence-electron chi connectivity index (χ3n) is 4.26. The first-order valence-electron chi connectivity index (χ1n) is 9.00. The van der Waals surface area contributed by atoms with Gasteiger partial charge in [0.15, 0.2) is 5.82 Å². The maximum atomic E-state index is 12.7. The largest absolute Gasteiger partial charge is 0.497 e. The molecule has 0 unspecified atom stereocenters. The summed E-state index contributed by atoms with van der Waals surface area (Å²) in [6.07, 6.45) is 1.64. The minimum absolute atomic E-state index is 0.249. The Labute approximate surface area is 168 Å². The molecule has 2 aromatic carbocycles. The number of aromatic amines is 1. The number of hydrazone groups is 1. The molecule has 0 aliphatic rings. The summed E-state index contributed by atoms with van der Waals surface area (Å²) >= 11 is 0. The highest BCUT2D eigenvalue weighted by Crippen LogP contribution is 2.17. The number of H-pyrrole nitrogens is 1. The fraction of sp³-hybridized carbons (Fsp3) is 0.190. The normalized spacial score (nSPS) is 10.7. The van der Waals surface area contributed by atoms with Crippen LogP contribution in [0.25, 0.3) is 0 Å². The van der Waals surface area contributed by atoms with Crippen LogP contribution in [0.3, 0.4) is 0 Å². The van der Waals surface area contributed by atoms with E-state index < -0.39 is 0 Å². The van der Waals surface area contributed by atoms with Crippen LogP contribution in [-0.2, 0) is 6.54 Å². The van der Waals surface area contributed by atoms with Gasteiger partial charge in [-0.2, -0.15) is 10.2 Å². The van der Waals surface area contributed by atoms with Crippen LogP contribution in [-0.4, -0.2) is 36.5 Å². The Bertz CT molecular complexity index is 996. The van der Waals surface area contributed by atoms with Crippen molar-refractivity contribution in [1.82, 2.24) is 15.5 Å². The van der Waals surface area contributed by atoms with E-state index in [-0.39, 0.29) is 5.91 Å². The fourth-order valence-corrected chi connectivity index (χ4v) is 2.70. The average molecular weight is 393 g/mol. The number of ether oxygens (including phenoxy) is 2. The van der Waals surface area contributed by atoms with Crippen molar-refractivity contribution in [2.45, 2.75) is 13.5 Å². The van der Waals surface area contributed by atoms with Crippen LogP contribution in [0.5, 0.6) is 11.5 Å². The second-order valence-corrected chi connectivity index (χ2v) is 6.25. The zero-order chi connectivity index (χ0) is 20.6. The van der Waals surface area contributed by atoms with Crippen molar-refractivity contribution in [1.29, 1.82) is 0 Å². The van der Waals surface area contributed by atoms with Gasteiger partial charge in [-0.15, -0.1) is 0 Å². The third kappa shape index (κ3) is 5.13.